The van der Waals surface area contributed by atoms with E-state index in [0.717, 1.165) is 24.2 Å². The highest BCUT2D eigenvalue weighted by Gasteiger charge is 2.24. The molecule has 1 saturated heterocycles. The largest absolute Gasteiger partial charge is 0.454 e. The SMILES string of the molecule is Clc1cnc(Nc2ccc3c(c2)CCC(N2CCCC2)CC3)nc1Nc1cccc2c1OCO2. The van der Waals surface area contributed by atoms with Crippen LogP contribution in [0.1, 0.15) is 36.8 Å². The van der Waals surface area contributed by atoms with Crippen molar-refractivity contribution >= 4 is 34.7 Å². The molecule has 34 heavy (non-hydrogen) atoms. The lowest BCUT2D eigenvalue weighted by Crippen LogP contribution is -2.32. The van der Waals surface area contributed by atoms with Crippen molar-refractivity contribution in [1.82, 2.24) is 14.9 Å². The van der Waals surface area contributed by atoms with Crippen molar-refractivity contribution in [2.45, 2.75) is 44.6 Å². The molecule has 7 nitrogen and oxygen atoms in total. The predicted octanol–water partition coefficient (Wildman–Crippen LogP) is 5.69. The molecule has 1 atom stereocenters. The van der Waals surface area contributed by atoms with Gasteiger partial charge in [0.1, 0.15) is 5.02 Å². The number of anilines is 4. The summed E-state index contributed by atoms with van der Waals surface area (Å²) in [5, 5.41) is 7.04. The van der Waals surface area contributed by atoms with Gasteiger partial charge in [0.25, 0.3) is 0 Å². The van der Waals surface area contributed by atoms with E-state index in [0.29, 0.717) is 34.3 Å². The van der Waals surface area contributed by atoms with E-state index in [2.05, 4.69) is 43.7 Å². The first kappa shape index (κ1) is 21.5. The van der Waals surface area contributed by atoms with Crippen LogP contribution in [0.3, 0.4) is 0 Å². The van der Waals surface area contributed by atoms with Crippen LogP contribution in [-0.2, 0) is 12.8 Å². The fourth-order valence-electron chi connectivity index (χ4n) is 5.24. The number of para-hydroxylation sites is 1. The summed E-state index contributed by atoms with van der Waals surface area (Å²) in [6, 6.07) is 13.0. The fraction of sp³-hybridized carbons (Fsp3) is 0.385. The number of rotatable bonds is 5. The van der Waals surface area contributed by atoms with Crippen LogP contribution in [0.2, 0.25) is 5.02 Å². The maximum Gasteiger partial charge on any atom is 0.231 e. The van der Waals surface area contributed by atoms with Gasteiger partial charge in [-0.05, 0) is 87.0 Å². The smallest absolute Gasteiger partial charge is 0.231 e. The van der Waals surface area contributed by atoms with Crippen molar-refractivity contribution < 1.29 is 9.47 Å². The number of benzene rings is 2. The molecule has 2 aliphatic heterocycles. The lowest BCUT2D eigenvalue weighted by Gasteiger charge is -2.25. The molecule has 8 heteroatoms. The number of fused-ring (bicyclic) bond motifs is 2. The minimum absolute atomic E-state index is 0.204. The van der Waals surface area contributed by atoms with Crippen LogP contribution in [0, 0.1) is 0 Å². The fourth-order valence-corrected chi connectivity index (χ4v) is 5.38. The Bertz CT molecular complexity index is 1200. The van der Waals surface area contributed by atoms with E-state index in [9.17, 15) is 0 Å². The molecular weight excluding hydrogens is 450 g/mol. The first-order valence-corrected chi connectivity index (χ1v) is 12.4. The summed E-state index contributed by atoms with van der Waals surface area (Å²) in [7, 11) is 0. The number of nitrogens with one attached hydrogen (secondary N) is 2. The number of nitrogens with zero attached hydrogens (tertiary/aromatic N) is 3. The molecule has 0 saturated carbocycles. The van der Waals surface area contributed by atoms with Crippen LogP contribution < -0.4 is 20.1 Å². The summed E-state index contributed by atoms with van der Waals surface area (Å²) in [5.74, 6) is 2.35. The Morgan fingerprint density at radius 2 is 1.82 bits per heavy atom. The van der Waals surface area contributed by atoms with Gasteiger partial charge in [0.15, 0.2) is 17.3 Å². The second-order valence-electron chi connectivity index (χ2n) is 9.14. The summed E-state index contributed by atoms with van der Waals surface area (Å²) in [6.07, 6.45) is 9.05. The molecular formula is C26H28ClN5O2. The molecule has 6 rings (SSSR count). The first-order chi connectivity index (χ1) is 16.7. The van der Waals surface area contributed by atoms with E-state index in [-0.39, 0.29) is 6.79 Å². The van der Waals surface area contributed by atoms with Crippen molar-refractivity contribution in [2.75, 3.05) is 30.5 Å². The van der Waals surface area contributed by atoms with E-state index in [4.69, 9.17) is 21.1 Å². The molecule has 1 fully saturated rings. The number of aryl methyl sites for hydroxylation is 2. The topological polar surface area (TPSA) is 71.5 Å². The predicted molar refractivity (Wildman–Crippen MR) is 134 cm³/mol. The summed E-state index contributed by atoms with van der Waals surface area (Å²) < 4.78 is 11.0. The molecule has 0 spiro atoms. The molecule has 3 heterocycles. The molecule has 176 valence electrons. The van der Waals surface area contributed by atoms with Gasteiger partial charge in [0, 0.05) is 11.7 Å². The molecule has 2 aromatic carbocycles. The minimum Gasteiger partial charge on any atom is -0.454 e. The molecule has 3 aromatic rings. The number of hydrogen-bond donors (Lipinski definition) is 2. The van der Waals surface area contributed by atoms with Gasteiger partial charge in [-0.1, -0.05) is 23.7 Å². The van der Waals surface area contributed by atoms with Crippen LogP contribution >= 0.6 is 11.6 Å². The highest BCUT2D eigenvalue weighted by atomic mass is 35.5. The highest BCUT2D eigenvalue weighted by molar-refractivity contribution is 6.33. The van der Waals surface area contributed by atoms with Crippen molar-refractivity contribution in [1.29, 1.82) is 0 Å². The quantitative estimate of drug-likeness (QED) is 0.457. The molecule has 0 bridgehead atoms. The van der Waals surface area contributed by atoms with Crippen LogP contribution in [-0.4, -0.2) is 40.8 Å². The summed E-state index contributed by atoms with van der Waals surface area (Å²) >= 11 is 6.39. The third kappa shape index (κ3) is 4.38. The average molecular weight is 478 g/mol. The van der Waals surface area contributed by atoms with Crippen LogP contribution in [0.15, 0.2) is 42.6 Å². The maximum atomic E-state index is 6.39. The van der Waals surface area contributed by atoms with Gasteiger partial charge in [-0.15, -0.1) is 0 Å². The lowest BCUT2D eigenvalue weighted by molar-refractivity contribution is 0.174. The zero-order valence-electron chi connectivity index (χ0n) is 19.0. The van der Waals surface area contributed by atoms with Crippen molar-refractivity contribution in [3.63, 3.8) is 0 Å². The van der Waals surface area contributed by atoms with E-state index < -0.39 is 0 Å². The number of hydrogen-bond acceptors (Lipinski definition) is 7. The molecule has 1 unspecified atom stereocenters. The first-order valence-electron chi connectivity index (χ1n) is 12.0. The third-order valence-electron chi connectivity index (χ3n) is 7.01. The molecule has 2 N–H and O–H groups in total. The van der Waals surface area contributed by atoms with Gasteiger partial charge in [0.05, 0.1) is 11.9 Å². The molecule has 1 aliphatic carbocycles. The summed E-state index contributed by atoms with van der Waals surface area (Å²) in [5.41, 5.74) is 4.63. The summed E-state index contributed by atoms with van der Waals surface area (Å²) in [6.45, 7) is 2.74. The van der Waals surface area contributed by atoms with Gasteiger partial charge >= 0.3 is 0 Å². The van der Waals surface area contributed by atoms with Crippen molar-refractivity contribution in [3.8, 4) is 11.5 Å². The average Bonchev–Trinajstić information content (AvgIpc) is 3.51. The number of halogens is 1. The second kappa shape index (κ2) is 9.31. The number of ether oxygens (including phenoxy) is 2. The van der Waals surface area contributed by atoms with Gasteiger partial charge in [0.2, 0.25) is 12.7 Å². The van der Waals surface area contributed by atoms with E-state index in [1.54, 1.807) is 6.20 Å². The Morgan fingerprint density at radius 1 is 0.971 bits per heavy atom. The molecule has 1 aromatic heterocycles. The highest BCUT2D eigenvalue weighted by Crippen LogP contribution is 2.40. The van der Waals surface area contributed by atoms with Gasteiger partial charge in [-0.2, -0.15) is 4.98 Å². The Morgan fingerprint density at radius 3 is 2.71 bits per heavy atom. The van der Waals surface area contributed by atoms with Crippen LogP contribution in [0.25, 0.3) is 0 Å². The maximum absolute atomic E-state index is 6.39. The Hall–Kier alpha value is -3.03. The third-order valence-corrected chi connectivity index (χ3v) is 7.28. The van der Waals surface area contributed by atoms with Gasteiger partial charge in [-0.25, -0.2) is 4.98 Å². The number of aromatic nitrogens is 2. The van der Waals surface area contributed by atoms with E-state index >= 15 is 0 Å². The minimum atomic E-state index is 0.204. The number of likely N-dealkylation sites (tertiary alicyclic amines) is 1. The standard InChI is InChI=1S/C26H28ClN5O2/c27-21-15-28-26(31-25(21)30-22-4-3-5-23-24(22)34-16-33-23)29-19-9-6-17-7-10-20(11-8-18(17)14-19)32-12-1-2-13-32/h3-6,9,14-15,20H,1-2,7-8,10-13,16H2,(H2,28,29,30,31). The van der Waals surface area contributed by atoms with E-state index in [1.807, 2.05) is 18.2 Å². The molecule has 3 aliphatic rings. The monoisotopic (exact) mass is 477 g/mol. The Kier molecular flexibility index (Phi) is 5.89. The molecule has 0 amide bonds. The van der Waals surface area contributed by atoms with Gasteiger partial charge in [-0.3, -0.25) is 0 Å². The Balaban J connectivity index is 1.18. The zero-order valence-corrected chi connectivity index (χ0v) is 19.8. The van der Waals surface area contributed by atoms with Crippen molar-refractivity contribution in [3.05, 3.63) is 58.7 Å². The van der Waals surface area contributed by atoms with Gasteiger partial charge < -0.3 is 25.0 Å². The molecule has 0 radical (unpaired) electrons. The lowest BCUT2D eigenvalue weighted by atomic mass is 10.0. The van der Waals surface area contributed by atoms with E-state index in [1.165, 1.54) is 49.9 Å². The summed E-state index contributed by atoms with van der Waals surface area (Å²) in [4.78, 5) is 11.7. The zero-order chi connectivity index (χ0) is 22.9. The van der Waals surface area contributed by atoms with Crippen LogP contribution in [0.4, 0.5) is 23.1 Å². The van der Waals surface area contributed by atoms with Crippen molar-refractivity contribution in [2.24, 2.45) is 0 Å². The normalized spacial score (nSPS) is 19.5. The van der Waals surface area contributed by atoms with Crippen LogP contribution in [0.5, 0.6) is 11.5 Å². The second-order valence-corrected chi connectivity index (χ2v) is 9.54. The Labute approximate surface area is 204 Å².